The number of rotatable bonds is 12. The molecule has 0 aromatic heterocycles. The van der Waals surface area contributed by atoms with Gasteiger partial charge in [0.15, 0.2) is 4.71 Å². The van der Waals surface area contributed by atoms with E-state index in [-0.39, 0.29) is 18.6 Å². The molecule has 0 heterocycles. The van der Waals surface area contributed by atoms with E-state index in [1.807, 2.05) is 5.32 Å². The Balaban J connectivity index is 4.72. The molecule has 0 radical (unpaired) electrons. The minimum Gasteiger partial charge on any atom is -0.480 e. The van der Waals surface area contributed by atoms with Crippen LogP contribution in [0.15, 0.2) is 0 Å². The van der Waals surface area contributed by atoms with Crippen molar-refractivity contribution < 1.29 is 39.3 Å². The summed E-state index contributed by atoms with van der Waals surface area (Å²) in [6.07, 6.45) is -0.463. The number of alkyl halides is 1. The standard InChI is InChI=1S/C12H18ClN3O8S/c13-9(12(23)24)25-4-6(10(20)15-3-8(18)19)16-7(17)2-1-5(14)11(21)22/h5-6,9H,1-4,14H2,(H,15,20)(H,16,17)(H,18,19)(H,21,22)(H,23,24). The molecule has 0 aliphatic carbocycles. The number of nitrogens with two attached hydrogens (primary N) is 1. The molecule has 2 amide bonds. The second-order valence-electron chi connectivity index (χ2n) is 4.70. The maximum Gasteiger partial charge on any atom is 0.331 e. The number of carboxylic acids is 3. The molecule has 0 saturated carbocycles. The highest BCUT2D eigenvalue weighted by atomic mass is 35.5. The Morgan fingerprint density at radius 1 is 1.08 bits per heavy atom. The van der Waals surface area contributed by atoms with Crippen LogP contribution < -0.4 is 16.4 Å². The van der Waals surface area contributed by atoms with Crippen LogP contribution >= 0.6 is 23.4 Å². The fourth-order valence-electron chi connectivity index (χ4n) is 1.40. The highest BCUT2D eigenvalue weighted by molar-refractivity contribution is 8.01. The van der Waals surface area contributed by atoms with E-state index in [0.29, 0.717) is 11.8 Å². The van der Waals surface area contributed by atoms with Gasteiger partial charge in [-0.15, -0.1) is 11.8 Å². The van der Waals surface area contributed by atoms with Gasteiger partial charge in [-0.3, -0.25) is 19.2 Å². The summed E-state index contributed by atoms with van der Waals surface area (Å²) in [7, 11) is 0. The van der Waals surface area contributed by atoms with Gasteiger partial charge in [-0.25, -0.2) is 4.79 Å². The first kappa shape index (κ1) is 22.9. The van der Waals surface area contributed by atoms with E-state index >= 15 is 0 Å². The molecule has 0 spiro atoms. The number of carbonyl (C=O) groups excluding carboxylic acids is 2. The highest BCUT2D eigenvalue weighted by Gasteiger charge is 2.25. The van der Waals surface area contributed by atoms with Crippen molar-refractivity contribution in [3.05, 3.63) is 0 Å². The number of aliphatic carboxylic acids is 3. The lowest BCUT2D eigenvalue weighted by Crippen LogP contribution is -2.49. The van der Waals surface area contributed by atoms with Gasteiger partial charge < -0.3 is 31.7 Å². The lowest BCUT2D eigenvalue weighted by Gasteiger charge is -2.18. The molecule has 0 aliphatic rings. The molecule has 0 fully saturated rings. The molecular formula is C12H18ClN3O8S. The van der Waals surface area contributed by atoms with Crippen LogP contribution in [0, 0.1) is 0 Å². The first-order valence-corrected chi connectivity index (χ1v) is 8.28. The lowest BCUT2D eigenvalue weighted by atomic mass is 10.1. The Morgan fingerprint density at radius 2 is 1.68 bits per heavy atom. The molecule has 0 aromatic carbocycles. The minimum atomic E-state index is -1.37. The van der Waals surface area contributed by atoms with Gasteiger partial charge in [0.1, 0.15) is 18.6 Å². The Morgan fingerprint density at radius 3 is 2.16 bits per heavy atom. The monoisotopic (exact) mass is 399 g/mol. The number of carboxylic acid groups (broad SMARTS) is 3. The maximum absolute atomic E-state index is 11.9. The third kappa shape index (κ3) is 10.4. The zero-order valence-electron chi connectivity index (χ0n) is 12.8. The summed E-state index contributed by atoms with van der Waals surface area (Å²) in [5.74, 6) is -5.71. The minimum absolute atomic E-state index is 0.176. The van der Waals surface area contributed by atoms with Gasteiger partial charge in [-0.2, -0.15) is 0 Å². The predicted octanol–water partition coefficient (Wildman–Crippen LogP) is -1.75. The molecule has 13 heteroatoms. The Labute approximate surface area is 151 Å². The van der Waals surface area contributed by atoms with Gasteiger partial charge in [0.05, 0.1) is 0 Å². The molecule has 0 aliphatic heterocycles. The van der Waals surface area contributed by atoms with E-state index in [4.69, 9.17) is 32.7 Å². The Hall–Kier alpha value is -2.05. The predicted molar refractivity (Wildman–Crippen MR) is 87.2 cm³/mol. The maximum atomic E-state index is 11.9. The van der Waals surface area contributed by atoms with Gasteiger partial charge in [0, 0.05) is 12.2 Å². The van der Waals surface area contributed by atoms with Gasteiger partial charge in [-0.05, 0) is 6.42 Å². The van der Waals surface area contributed by atoms with Gasteiger partial charge in [0.25, 0.3) is 0 Å². The van der Waals surface area contributed by atoms with Crippen LogP contribution in [0.4, 0.5) is 0 Å². The average molecular weight is 400 g/mol. The molecule has 0 bridgehead atoms. The van der Waals surface area contributed by atoms with E-state index in [1.165, 1.54) is 0 Å². The number of hydrogen-bond donors (Lipinski definition) is 6. The summed E-state index contributed by atoms with van der Waals surface area (Å²) in [5.41, 5.74) is 5.26. The number of carbonyl (C=O) groups is 5. The van der Waals surface area contributed by atoms with Gasteiger partial charge >= 0.3 is 17.9 Å². The summed E-state index contributed by atoms with van der Waals surface area (Å²) in [5, 5.41) is 30.2. The fourth-order valence-corrected chi connectivity index (χ4v) is 2.35. The second-order valence-corrected chi connectivity index (χ2v) is 6.54. The van der Waals surface area contributed by atoms with E-state index < -0.39 is 53.1 Å². The quantitative estimate of drug-likeness (QED) is 0.204. The number of thioether (sulfide) groups is 1. The normalized spacial score (nSPS) is 14.0. The molecule has 25 heavy (non-hydrogen) atoms. The third-order valence-electron chi connectivity index (χ3n) is 2.67. The van der Waals surface area contributed by atoms with Crippen LogP contribution in [0.5, 0.6) is 0 Å². The number of halogens is 1. The first-order chi connectivity index (χ1) is 11.5. The van der Waals surface area contributed by atoms with Crippen LogP contribution in [0.1, 0.15) is 12.8 Å². The SMILES string of the molecule is NC(CCC(=O)NC(CSC(Cl)C(=O)O)C(=O)NCC(=O)O)C(=O)O. The van der Waals surface area contributed by atoms with Crippen LogP contribution in [-0.2, 0) is 24.0 Å². The Bertz CT molecular complexity index is 532. The molecule has 0 saturated heterocycles. The van der Waals surface area contributed by atoms with Crippen LogP contribution in [0.3, 0.4) is 0 Å². The summed E-state index contributed by atoms with van der Waals surface area (Å²) in [6.45, 7) is -0.691. The average Bonchev–Trinajstić information content (AvgIpc) is 2.53. The largest absolute Gasteiger partial charge is 0.480 e. The third-order valence-corrected chi connectivity index (χ3v) is 4.25. The number of nitrogens with one attached hydrogen (secondary N) is 2. The van der Waals surface area contributed by atoms with Crippen molar-refractivity contribution in [2.45, 2.75) is 29.6 Å². The smallest absolute Gasteiger partial charge is 0.331 e. The first-order valence-electron chi connectivity index (χ1n) is 6.80. The second kappa shape index (κ2) is 11.5. The van der Waals surface area contributed by atoms with Gasteiger partial charge in [-0.1, -0.05) is 11.6 Å². The van der Waals surface area contributed by atoms with Crippen molar-refractivity contribution in [2.24, 2.45) is 5.73 Å². The molecule has 0 rings (SSSR count). The van der Waals surface area contributed by atoms with Crippen molar-refractivity contribution in [1.82, 2.24) is 10.6 Å². The Kier molecular flexibility index (Phi) is 10.6. The zero-order valence-corrected chi connectivity index (χ0v) is 14.4. The topological polar surface area (TPSA) is 196 Å². The van der Waals surface area contributed by atoms with Crippen LogP contribution in [0.25, 0.3) is 0 Å². The molecule has 0 aromatic rings. The van der Waals surface area contributed by atoms with Crippen molar-refractivity contribution >= 4 is 53.1 Å². The number of hydrogen-bond acceptors (Lipinski definition) is 7. The molecule has 3 atom stereocenters. The number of amides is 2. The molecule has 3 unspecified atom stereocenters. The highest BCUT2D eigenvalue weighted by Crippen LogP contribution is 2.16. The summed E-state index contributed by atoms with van der Waals surface area (Å²) >= 11 is 6.16. The van der Waals surface area contributed by atoms with E-state index in [2.05, 4.69) is 5.32 Å². The van der Waals surface area contributed by atoms with Crippen molar-refractivity contribution in [3.8, 4) is 0 Å². The summed E-state index contributed by atoms with van der Waals surface area (Å²) < 4.78 is -1.37. The van der Waals surface area contributed by atoms with Crippen molar-refractivity contribution in [1.29, 1.82) is 0 Å². The van der Waals surface area contributed by atoms with E-state index in [9.17, 15) is 24.0 Å². The summed E-state index contributed by atoms with van der Waals surface area (Å²) in [4.78, 5) is 55.4. The molecular weight excluding hydrogens is 382 g/mol. The lowest BCUT2D eigenvalue weighted by molar-refractivity contribution is -0.139. The zero-order chi connectivity index (χ0) is 19.6. The molecule has 142 valence electrons. The van der Waals surface area contributed by atoms with Crippen LogP contribution in [-0.4, -0.2) is 74.1 Å². The van der Waals surface area contributed by atoms with E-state index in [1.54, 1.807) is 0 Å². The van der Waals surface area contributed by atoms with E-state index in [0.717, 1.165) is 0 Å². The summed E-state index contributed by atoms with van der Waals surface area (Å²) in [6, 6.07) is -2.50. The molecule has 11 nitrogen and oxygen atoms in total. The van der Waals surface area contributed by atoms with Crippen molar-refractivity contribution in [2.75, 3.05) is 12.3 Å². The molecule has 7 N–H and O–H groups in total. The van der Waals surface area contributed by atoms with Crippen molar-refractivity contribution in [3.63, 3.8) is 0 Å². The fraction of sp³-hybridized carbons (Fsp3) is 0.583. The van der Waals surface area contributed by atoms with Gasteiger partial charge in [0.2, 0.25) is 11.8 Å². The van der Waals surface area contributed by atoms with Crippen LogP contribution in [0.2, 0.25) is 0 Å².